The molecule has 88 valence electrons. The molecule has 0 N–H and O–H groups in total. The van der Waals surface area contributed by atoms with Crippen LogP contribution < -0.4 is 0 Å². The molecule has 2 rings (SSSR count). The molecule has 0 spiro atoms. The van der Waals surface area contributed by atoms with E-state index in [1.54, 1.807) is 0 Å². The average Bonchev–Trinajstić information content (AvgIpc) is 2.33. The van der Waals surface area contributed by atoms with Gasteiger partial charge in [-0.05, 0) is 43.2 Å². The lowest BCUT2D eigenvalue weighted by molar-refractivity contribution is 0.509. The summed E-state index contributed by atoms with van der Waals surface area (Å²) in [6.07, 6.45) is 0.823. The minimum atomic E-state index is -0.845. The predicted molar refractivity (Wildman–Crippen MR) is 63.7 cm³/mol. The van der Waals surface area contributed by atoms with E-state index in [2.05, 4.69) is 4.98 Å². The summed E-state index contributed by atoms with van der Waals surface area (Å²) < 4.78 is 26.0. The second-order valence-corrected chi connectivity index (χ2v) is 3.94. The van der Waals surface area contributed by atoms with Crippen molar-refractivity contribution in [2.45, 2.75) is 20.3 Å². The van der Waals surface area contributed by atoms with Crippen LogP contribution in [0.5, 0.6) is 0 Å². The Hall–Kier alpha value is -1.77. The first-order valence-corrected chi connectivity index (χ1v) is 5.53. The minimum Gasteiger partial charge on any atom is -0.253 e. The molecule has 0 amide bonds. The van der Waals surface area contributed by atoms with Gasteiger partial charge in [-0.2, -0.15) is 0 Å². The zero-order valence-corrected chi connectivity index (χ0v) is 9.80. The first kappa shape index (κ1) is 11.7. The van der Waals surface area contributed by atoms with Gasteiger partial charge in [-0.15, -0.1) is 0 Å². The molecule has 0 saturated carbocycles. The smallest absolute Gasteiger partial charge is 0.159 e. The fourth-order valence-electron chi connectivity index (χ4n) is 1.75. The number of rotatable bonds is 2. The third-order valence-electron chi connectivity index (χ3n) is 2.75. The van der Waals surface area contributed by atoms with Gasteiger partial charge in [-0.25, -0.2) is 8.78 Å². The van der Waals surface area contributed by atoms with Gasteiger partial charge in [-0.1, -0.05) is 13.0 Å². The lowest BCUT2D eigenvalue weighted by Gasteiger charge is -2.06. The molecule has 3 heteroatoms. The molecule has 1 aromatic heterocycles. The summed E-state index contributed by atoms with van der Waals surface area (Å²) in [6.45, 7) is 4.01. The third-order valence-corrected chi connectivity index (χ3v) is 2.75. The Kier molecular flexibility index (Phi) is 3.18. The van der Waals surface area contributed by atoms with Gasteiger partial charge in [0.1, 0.15) is 0 Å². The molecule has 1 nitrogen and oxygen atoms in total. The Morgan fingerprint density at radius 1 is 1.06 bits per heavy atom. The van der Waals surface area contributed by atoms with E-state index in [0.717, 1.165) is 23.7 Å². The predicted octanol–water partition coefficient (Wildman–Crippen LogP) is 3.90. The molecule has 1 heterocycles. The van der Waals surface area contributed by atoms with Gasteiger partial charge in [0.15, 0.2) is 11.6 Å². The maximum absolute atomic E-state index is 13.1. The van der Waals surface area contributed by atoms with Crippen molar-refractivity contribution in [2.75, 3.05) is 0 Å². The van der Waals surface area contributed by atoms with E-state index in [1.807, 2.05) is 26.0 Å². The topological polar surface area (TPSA) is 12.9 Å². The van der Waals surface area contributed by atoms with Gasteiger partial charge in [0.05, 0.1) is 5.69 Å². The molecule has 0 fully saturated rings. The number of benzene rings is 1. The van der Waals surface area contributed by atoms with Crippen LogP contribution in [0.25, 0.3) is 11.3 Å². The number of hydrogen-bond acceptors (Lipinski definition) is 1. The summed E-state index contributed by atoms with van der Waals surface area (Å²) in [6, 6.07) is 7.60. The highest BCUT2D eigenvalue weighted by atomic mass is 19.2. The van der Waals surface area contributed by atoms with Gasteiger partial charge >= 0.3 is 0 Å². The first-order valence-electron chi connectivity index (χ1n) is 5.53. The molecule has 17 heavy (non-hydrogen) atoms. The minimum absolute atomic E-state index is 0.596. The molecular formula is C14H13F2N. The molecular weight excluding hydrogens is 220 g/mol. The van der Waals surface area contributed by atoms with E-state index >= 15 is 0 Å². The average molecular weight is 233 g/mol. The van der Waals surface area contributed by atoms with Crippen molar-refractivity contribution < 1.29 is 8.78 Å². The van der Waals surface area contributed by atoms with Crippen molar-refractivity contribution in [1.29, 1.82) is 0 Å². The van der Waals surface area contributed by atoms with E-state index in [1.165, 1.54) is 12.1 Å². The summed E-state index contributed by atoms with van der Waals surface area (Å²) in [5.74, 6) is -1.68. The van der Waals surface area contributed by atoms with Crippen LogP contribution in [0, 0.1) is 18.6 Å². The summed E-state index contributed by atoms with van der Waals surface area (Å²) in [5.41, 5.74) is 3.36. The second-order valence-electron chi connectivity index (χ2n) is 3.94. The summed E-state index contributed by atoms with van der Waals surface area (Å²) in [4.78, 5) is 4.44. The molecule has 0 aliphatic carbocycles. The molecule has 2 aromatic rings. The van der Waals surface area contributed by atoms with Crippen LogP contribution in [0.1, 0.15) is 18.2 Å². The zero-order valence-electron chi connectivity index (χ0n) is 9.80. The SMILES string of the molecule is CCc1nc(-c2ccc(F)c(F)c2)ccc1C. The van der Waals surface area contributed by atoms with Gasteiger partial charge in [0.25, 0.3) is 0 Å². The molecule has 0 aliphatic rings. The number of halogens is 2. The molecule has 0 unspecified atom stereocenters. The quantitative estimate of drug-likeness (QED) is 0.766. The van der Waals surface area contributed by atoms with Crippen LogP contribution in [-0.2, 0) is 6.42 Å². The normalized spacial score (nSPS) is 10.6. The lowest BCUT2D eigenvalue weighted by atomic mass is 10.1. The fourth-order valence-corrected chi connectivity index (χ4v) is 1.75. The molecule has 0 radical (unpaired) electrons. The van der Waals surface area contributed by atoms with E-state index in [0.29, 0.717) is 11.3 Å². The third kappa shape index (κ3) is 2.33. The Labute approximate surface area is 99.1 Å². The van der Waals surface area contributed by atoms with Crippen molar-refractivity contribution in [3.8, 4) is 11.3 Å². The number of nitrogens with zero attached hydrogens (tertiary/aromatic N) is 1. The van der Waals surface area contributed by atoms with Gasteiger partial charge in [0.2, 0.25) is 0 Å². The van der Waals surface area contributed by atoms with Crippen molar-refractivity contribution >= 4 is 0 Å². The van der Waals surface area contributed by atoms with Crippen molar-refractivity contribution in [2.24, 2.45) is 0 Å². The van der Waals surface area contributed by atoms with Crippen molar-refractivity contribution in [1.82, 2.24) is 4.98 Å². The highest BCUT2D eigenvalue weighted by molar-refractivity contribution is 5.59. The second kappa shape index (κ2) is 4.62. The number of aryl methyl sites for hydroxylation is 2. The Morgan fingerprint density at radius 3 is 2.47 bits per heavy atom. The van der Waals surface area contributed by atoms with Crippen LogP contribution in [0.4, 0.5) is 8.78 Å². The van der Waals surface area contributed by atoms with E-state index < -0.39 is 11.6 Å². The van der Waals surface area contributed by atoms with Gasteiger partial charge in [0, 0.05) is 11.3 Å². The number of pyridine rings is 1. The van der Waals surface area contributed by atoms with E-state index in [9.17, 15) is 8.78 Å². The van der Waals surface area contributed by atoms with Crippen LogP contribution in [0.3, 0.4) is 0 Å². The number of hydrogen-bond donors (Lipinski definition) is 0. The highest BCUT2D eigenvalue weighted by Gasteiger charge is 2.07. The first-order chi connectivity index (χ1) is 8.11. The van der Waals surface area contributed by atoms with Crippen LogP contribution in [-0.4, -0.2) is 4.98 Å². The van der Waals surface area contributed by atoms with Crippen molar-refractivity contribution in [3.05, 3.63) is 53.2 Å². The fraction of sp³-hybridized carbons (Fsp3) is 0.214. The molecule has 1 aromatic carbocycles. The summed E-state index contributed by atoms with van der Waals surface area (Å²) in [5, 5.41) is 0. The van der Waals surface area contributed by atoms with Gasteiger partial charge < -0.3 is 0 Å². The molecule has 0 atom stereocenters. The maximum Gasteiger partial charge on any atom is 0.159 e. The number of aromatic nitrogens is 1. The lowest BCUT2D eigenvalue weighted by Crippen LogP contribution is -1.95. The van der Waals surface area contributed by atoms with Crippen LogP contribution >= 0.6 is 0 Å². The van der Waals surface area contributed by atoms with E-state index in [4.69, 9.17) is 0 Å². The maximum atomic E-state index is 13.1. The monoisotopic (exact) mass is 233 g/mol. The summed E-state index contributed by atoms with van der Waals surface area (Å²) >= 11 is 0. The van der Waals surface area contributed by atoms with Crippen LogP contribution in [0.2, 0.25) is 0 Å². The van der Waals surface area contributed by atoms with Crippen molar-refractivity contribution in [3.63, 3.8) is 0 Å². The Balaban J connectivity index is 2.49. The molecule has 0 saturated heterocycles. The Morgan fingerprint density at radius 2 is 1.82 bits per heavy atom. The van der Waals surface area contributed by atoms with Crippen LogP contribution in [0.15, 0.2) is 30.3 Å². The zero-order chi connectivity index (χ0) is 12.4. The summed E-state index contributed by atoms with van der Waals surface area (Å²) in [7, 11) is 0. The standard InChI is InChI=1S/C14H13F2N/c1-3-13-9(2)4-7-14(17-13)10-5-6-11(15)12(16)8-10/h4-8H,3H2,1-2H3. The molecule has 0 aliphatic heterocycles. The van der Waals surface area contributed by atoms with E-state index in [-0.39, 0.29) is 0 Å². The van der Waals surface area contributed by atoms with Gasteiger partial charge in [-0.3, -0.25) is 4.98 Å². The Bertz CT molecular complexity index is 550. The molecule has 0 bridgehead atoms. The largest absolute Gasteiger partial charge is 0.253 e. The highest BCUT2D eigenvalue weighted by Crippen LogP contribution is 2.21.